The molecule has 1 saturated heterocycles. The van der Waals surface area contributed by atoms with E-state index in [0.29, 0.717) is 19.0 Å². The van der Waals surface area contributed by atoms with E-state index >= 15 is 0 Å². The Bertz CT molecular complexity index is 645. The molecule has 2 fully saturated rings. The number of carbonyl (C=O) groups excluding carboxylic acids is 1. The van der Waals surface area contributed by atoms with Gasteiger partial charge in [-0.2, -0.15) is 0 Å². The van der Waals surface area contributed by atoms with Gasteiger partial charge in [-0.05, 0) is 40.0 Å². The molecule has 4 rings (SSSR count). The molecular weight excluding hydrogens is 292 g/mol. The van der Waals surface area contributed by atoms with Gasteiger partial charge in [-0.15, -0.1) is 0 Å². The summed E-state index contributed by atoms with van der Waals surface area (Å²) < 4.78 is 5.51. The predicted octanol–water partition coefficient (Wildman–Crippen LogP) is 2.81. The molecule has 2 aliphatic heterocycles. The van der Waals surface area contributed by atoms with Crippen LogP contribution < -0.4 is 4.90 Å². The van der Waals surface area contributed by atoms with Crippen LogP contribution in [0.4, 0.5) is 10.6 Å². The molecule has 23 heavy (non-hydrogen) atoms. The summed E-state index contributed by atoms with van der Waals surface area (Å²) in [5.74, 6) is 2.54. The number of aromatic nitrogens is 2. The Balaban J connectivity index is 1.60. The van der Waals surface area contributed by atoms with Crippen molar-refractivity contribution in [2.24, 2.45) is 0 Å². The first-order valence-electron chi connectivity index (χ1n) is 8.53. The molecule has 0 spiro atoms. The summed E-state index contributed by atoms with van der Waals surface area (Å²) in [4.78, 5) is 26.0. The average Bonchev–Trinajstić information content (AvgIpc) is 3.14. The first-order valence-corrected chi connectivity index (χ1v) is 8.53. The molecule has 6 nitrogen and oxygen atoms in total. The van der Waals surface area contributed by atoms with E-state index in [0.717, 1.165) is 36.0 Å². The van der Waals surface area contributed by atoms with E-state index in [1.165, 1.54) is 19.3 Å². The van der Waals surface area contributed by atoms with Gasteiger partial charge in [-0.25, -0.2) is 14.8 Å². The van der Waals surface area contributed by atoms with Gasteiger partial charge in [0.05, 0.1) is 18.8 Å². The number of carbonyl (C=O) groups is 1. The third-order valence-electron chi connectivity index (χ3n) is 4.53. The minimum absolute atomic E-state index is 0.266. The fourth-order valence-electron chi connectivity index (χ4n) is 3.03. The Kier molecular flexibility index (Phi) is 3.25. The number of hydrogen-bond donors (Lipinski definition) is 0. The minimum atomic E-state index is -0.475. The van der Waals surface area contributed by atoms with Crippen LogP contribution in [0.2, 0.25) is 0 Å². The van der Waals surface area contributed by atoms with Gasteiger partial charge in [0.1, 0.15) is 17.2 Å². The summed E-state index contributed by atoms with van der Waals surface area (Å²) in [7, 11) is 0. The van der Waals surface area contributed by atoms with Gasteiger partial charge in [-0.3, -0.25) is 4.90 Å². The molecule has 0 atom stereocenters. The van der Waals surface area contributed by atoms with E-state index in [4.69, 9.17) is 14.7 Å². The lowest BCUT2D eigenvalue weighted by atomic mass is 10.1. The molecule has 0 radical (unpaired) electrons. The lowest BCUT2D eigenvalue weighted by Crippen LogP contribution is -2.39. The zero-order valence-electron chi connectivity index (χ0n) is 14.1. The Labute approximate surface area is 136 Å². The molecule has 1 aromatic heterocycles. The number of hydrogen-bond acceptors (Lipinski definition) is 5. The quantitative estimate of drug-likeness (QED) is 0.839. The van der Waals surface area contributed by atoms with Crippen LogP contribution in [0.15, 0.2) is 0 Å². The summed E-state index contributed by atoms with van der Waals surface area (Å²) in [6.07, 6.45) is 3.33. The van der Waals surface area contributed by atoms with Crippen LogP contribution in [0.5, 0.6) is 0 Å². The molecule has 0 aromatic carbocycles. The maximum atomic E-state index is 12.4. The first-order chi connectivity index (χ1) is 10.9. The molecule has 3 aliphatic rings. The second kappa shape index (κ2) is 5.08. The van der Waals surface area contributed by atoms with Crippen molar-refractivity contribution >= 4 is 11.9 Å². The van der Waals surface area contributed by atoms with E-state index < -0.39 is 5.60 Å². The number of nitrogens with zero attached hydrogens (tertiary/aromatic N) is 4. The summed E-state index contributed by atoms with van der Waals surface area (Å²) >= 11 is 0. The molecule has 1 saturated carbocycles. The predicted molar refractivity (Wildman–Crippen MR) is 86.3 cm³/mol. The number of amides is 1. The molecule has 1 aliphatic carbocycles. The Morgan fingerprint density at radius 2 is 1.91 bits per heavy atom. The second-order valence-corrected chi connectivity index (χ2v) is 7.78. The molecule has 6 heteroatoms. The summed E-state index contributed by atoms with van der Waals surface area (Å²) in [6, 6.07) is 0. The van der Waals surface area contributed by atoms with Crippen molar-refractivity contribution in [3.05, 3.63) is 17.1 Å². The third kappa shape index (κ3) is 2.86. The fraction of sp³-hybridized carbons (Fsp3) is 0.706. The normalized spacial score (nSPS) is 20.3. The van der Waals surface area contributed by atoms with Gasteiger partial charge in [0, 0.05) is 24.6 Å². The van der Waals surface area contributed by atoms with E-state index in [2.05, 4.69) is 4.90 Å². The zero-order valence-corrected chi connectivity index (χ0v) is 14.1. The van der Waals surface area contributed by atoms with Crippen molar-refractivity contribution in [3.8, 4) is 0 Å². The van der Waals surface area contributed by atoms with Crippen LogP contribution in [0, 0.1) is 0 Å². The second-order valence-electron chi connectivity index (χ2n) is 7.78. The van der Waals surface area contributed by atoms with Gasteiger partial charge in [0.15, 0.2) is 0 Å². The van der Waals surface area contributed by atoms with Gasteiger partial charge in [0.25, 0.3) is 0 Å². The van der Waals surface area contributed by atoms with Gasteiger partial charge in [0.2, 0.25) is 0 Å². The van der Waals surface area contributed by atoms with Gasteiger partial charge < -0.3 is 9.64 Å². The van der Waals surface area contributed by atoms with Crippen LogP contribution >= 0.6 is 0 Å². The van der Waals surface area contributed by atoms with Crippen molar-refractivity contribution in [1.82, 2.24) is 14.9 Å². The Hall–Kier alpha value is -1.85. The third-order valence-corrected chi connectivity index (χ3v) is 4.53. The molecule has 0 bridgehead atoms. The summed E-state index contributed by atoms with van der Waals surface area (Å²) in [5.41, 5.74) is 1.64. The first kappa shape index (κ1) is 14.7. The molecular formula is C17H24N4O2. The highest BCUT2D eigenvalue weighted by Gasteiger charge is 2.36. The minimum Gasteiger partial charge on any atom is -0.444 e. The van der Waals surface area contributed by atoms with Crippen LogP contribution in [-0.4, -0.2) is 39.7 Å². The smallest absolute Gasteiger partial charge is 0.410 e. The monoisotopic (exact) mass is 316 g/mol. The van der Waals surface area contributed by atoms with Gasteiger partial charge in [-0.1, -0.05) is 0 Å². The van der Waals surface area contributed by atoms with E-state index in [1.807, 2.05) is 20.8 Å². The van der Waals surface area contributed by atoms with E-state index in [1.54, 1.807) is 4.90 Å². The fourth-order valence-corrected chi connectivity index (χ4v) is 3.03. The van der Waals surface area contributed by atoms with Crippen LogP contribution in [-0.2, 0) is 17.8 Å². The SMILES string of the molecule is CC(C)(C)OC(=O)N1Cc2nc(C3CC3)nc(N3CCC3)c2C1. The van der Waals surface area contributed by atoms with Crippen molar-refractivity contribution < 1.29 is 9.53 Å². The van der Waals surface area contributed by atoms with Crippen molar-refractivity contribution in [3.63, 3.8) is 0 Å². The maximum absolute atomic E-state index is 12.4. The van der Waals surface area contributed by atoms with Crippen LogP contribution in [0.25, 0.3) is 0 Å². The lowest BCUT2D eigenvalue weighted by molar-refractivity contribution is 0.0241. The molecule has 0 N–H and O–H groups in total. The number of anilines is 1. The maximum Gasteiger partial charge on any atom is 0.410 e. The standard InChI is InChI=1S/C17H24N4O2/c1-17(2,3)23-16(22)21-9-12-13(10-21)18-14(11-5-6-11)19-15(12)20-7-4-8-20/h11H,4-10H2,1-3H3. The zero-order chi connectivity index (χ0) is 16.2. The van der Waals surface area contributed by atoms with E-state index in [-0.39, 0.29) is 6.09 Å². The highest BCUT2D eigenvalue weighted by molar-refractivity contribution is 5.70. The molecule has 3 heterocycles. The molecule has 124 valence electrons. The Morgan fingerprint density at radius 1 is 1.17 bits per heavy atom. The topological polar surface area (TPSA) is 58.6 Å². The lowest BCUT2D eigenvalue weighted by Gasteiger charge is -2.33. The molecule has 0 unspecified atom stereocenters. The highest BCUT2D eigenvalue weighted by Crippen LogP contribution is 2.41. The Morgan fingerprint density at radius 3 is 2.48 bits per heavy atom. The molecule has 1 aromatic rings. The average molecular weight is 316 g/mol. The van der Waals surface area contributed by atoms with Crippen molar-refractivity contribution in [2.45, 2.75) is 64.6 Å². The van der Waals surface area contributed by atoms with Crippen LogP contribution in [0.3, 0.4) is 0 Å². The highest BCUT2D eigenvalue weighted by atomic mass is 16.6. The molecule has 1 amide bonds. The van der Waals surface area contributed by atoms with Gasteiger partial charge >= 0.3 is 6.09 Å². The summed E-state index contributed by atoms with van der Waals surface area (Å²) in [6.45, 7) is 8.88. The summed E-state index contributed by atoms with van der Waals surface area (Å²) in [5, 5.41) is 0. The number of fused-ring (bicyclic) bond motifs is 1. The number of ether oxygens (including phenoxy) is 1. The van der Waals surface area contributed by atoms with Crippen molar-refractivity contribution in [1.29, 1.82) is 0 Å². The number of rotatable bonds is 2. The van der Waals surface area contributed by atoms with Crippen LogP contribution in [0.1, 0.15) is 63.0 Å². The largest absolute Gasteiger partial charge is 0.444 e. The van der Waals surface area contributed by atoms with Crippen molar-refractivity contribution in [2.75, 3.05) is 18.0 Å². The van der Waals surface area contributed by atoms with E-state index in [9.17, 15) is 4.79 Å².